The first-order valence-electron chi connectivity index (χ1n) is 10.6. The fraction of sp³-hybridized carbons (Fsp3) is 0.391. The van der Waals surface area contributed by atoms with Crippen LogP contribution in [0.5, 0.6) is 5.75 Å². The number of halogens is 2. The van der Waals surface area contributed by atoms with Gasteiger partial charge in [0, 0.05) is 27.8 Å². The number of aliphatic hydroxyl groups is 1. The molecule has 1 aliphatic heterocycles. The van der Waals surface area contributed by atoms with E-state index in [1.807, 2.05) is 0 Å². The molecule has 0 aliphatic carbocycles. The lowest BCUT2D eigenvalue weighted by atomic mass is 9.97. The zero-order chi connectivity index (χ0) is 23.8. The molecule has 10 heteroatoms. The van der Waals surface area contributed by atoms with E-state index in [2.05, 4.69) is 16.0 Å². The Morgan fingerprint density at radius 3 is 2.45 bits per heavy atom. The van der Waals surface area contributed by atoms with Gasteiger partial charge in [0.25, 0.3) is 5.91 Å². The Morgan fingerprint density at radius 1 is 1.12 bits per heavy atom. The summed E-state index contributed by atoms with van der Waals surface area (Å²) in [5, 5.41) is 19.0. The Hall–Kier alpha value is -2.52. The molecule has 0 bridgehead atoms. The van der Waals surface area contributed by atoms with Crippen molar-refractivity contribution in [2.75, 3.05) is 25.6 Å². The molecule has 3 amide bonds. The highest BCUT2D eigenvalue weighted by molar-refractivity contribution is 6.35. The fourth-order valence-corrected chi connectivity index (χ4v) is 4.18. The van der Waals surface area contributed by atoms with E-state index in [-0.39, 0.29) is 30.7 Å². The summed E-state index contributed by atoms with van der Waals surface area (Å²) in [6.45, 7) is 0.166. The van der Waals surface area contributed by atoms with E-state index in [0.29, 0.717) is 52.9 Å². The summed E-state index contributed by atoms with van der Waals surface area (Å²) >= 11 is 11.9. The summed E-state index contributed by atoms with van der Waals surface area (Å²) in [5.41, 5.74) is 1.01. The third-order valence-electron chi connectivity index (χ3n) is 5.34. The second kappa shape index (κ2) is 12.1. The topological polar surface area (TPSA) is 109 Å². The zero-order valence-electron chi connectivity index (χ0n) is 18.1. The number of amides is 3. The Kier molecular flexibility index (Phi) is 9.20. The molecule has 8 nitrogen and oxygen atoms in total. The zero-order valence-corrected chi connectivity index (χ0v) is 19.7. The number of anilines is 1. The average molecular weight is 496 g/mol. The Morgan fingerprint density at radius 2 is 1.82 bits per heavy atom. The molecule has 0 spiro atoms. The number of hydrogen-bond donors (Lipinski definition) is 4. The summed E-state index contributed by atoms with van der Waals surface area (Å²) in [6, 6.07) is 10.9. The number of nitrogens with one attached hydrogen (secondary N) is 3. The fourth-order valence-electron chi connectivity index (χ4n) is 3.65. The summed E-state index contributed by atoms with van der Waals surface area (Å²) in [6.07, 6.45) is 1.22. The normalized spacial score (nSPS) is 20.1. The molecule has 0 saturated carbocycles. The van der Waals surface area contributed by atoms with Crippen molar-refractivity contribution in [2.45, 2.75) is 37.5 Å². The van der Waals surface area contributed by atoms with Crippen LogP contribution in [-0.2, 0) is 4.74 Å². The van der Waals surface area contributed by atoms with Crippen molar-refractivity contribution in [3.8, 4) is 5.75 Å². The molecular formula is C23H27Cl2N3O5. The van der Waals surface area contributed by atoms with Gasteiger partial charge in [0.15, 0.2) is 0 Å². The van der Waals surface area contributed by atoms with Crippen molar-refractivity contribution >= 4 is 40.8 Å². The first-order chi connectivity index (χ1) is 15.9. The summed E-state index contributed by atoms with van der Waals surface area (Å²) in [4.78, 5) is 24.7. The summed E-state index contributed by atoms with van der Waals surface area (Å²) < 4.78 is 11.1. The smallest absolute Gasteiger partial charge is 0.319 e. The molecular weight excluding hydrogens is 469 g/mol. The largest absolute Gasteiger partial charge is 0.497 e. The number of methoxy groups -OCH3 is 1. The molecule has 3 atom stereocenters. The second-order valence-corrected chi connectivity index (χ2v) is 8.57. The van der Waals surface area contributed by atoms with Gasteiger partial charge in [-0.15, -0.1) is 0 Å². The van der Waals surface area contributed by atoms with Crippen LogP contribution in [0, 0.1) is 0 Å². The quantitative estimate of drug-likeness (QED) is 0.444. The van der Waals surface area contributed by atoms with Gasteiger partial charge in [0.05, 0.1) is 25.9 Å². The van der Waals surface area contributed by atoms with E-state index in [0.717, 1.165) is 0 Å². The van der Waals surface area contributed by atoms with Crippen LogP contribution in [0.1, 0.15) is 29.6 Å². The Bertz CT molecular complexity index is 937. The summed E-state index contributed by atoms with van der Waals surface area (Å²) in [5.74, 6) is 0.421. The minimum absolute atomic E-state index is 0.145. The van der Waals surface area contributed by atoms with Gasteiger partial charge >= 0.3 is 6.03 Å². The first-order valence-corrected chi connectivity index (χ1v) is 11.4. The van der Waals surface area contributed by atoms with Crippen LogP contribution in [0.3, 0.4) is 0 Å². The second-order valence-electron chi connectivity index (χ2n) is 7.69. The van der Waals surface area contributed by atoms with Crippen LogP contribution in [-0.4, -0.2) is 55.6 Å². The summed E-state index contributed by atoms with van der Waals surface area (Å²) in [7, 11) is 1.57. The van der Waals surface area contributed by atoms with Gasteiger partial charge in [-0.05, 0) is 61.7 Å². The highest BCUT2D eigenvalue weighted by Crippen LogP contribution is 2.23. The van der Waals surface area contributed by atoms with Gasteiger partial charge in [-0.1, -0.05) is 23.2 Å². The average Bonchev–Trinajstić information content (AvgIpc) is 2.79. The van der Waals surface area contributed by atoms with Crippen molar-refractivity contribution < 1.29 is 24.2 Å². The van der Waals surface area contributed by atoms with Crippen molar-refractivity contribution in [1.82, 2.24) is 10.6 Å². The molecule has 4 N–H and O–H groups in total. The molecule has 0 unspecified atom stereocenters. The number of rotatable bonds is 8. The lowest BCUT2D eigenvalue weighted by Gasteiger charge is -2.36. The molecule has 1 saturated heterocycles. The van der Waals surface area contributed by atoms with Crippen molar-refractivity contribution in [2.24, 2.45) is 0 Å². The van der Waals surface area contributed by atoms with Gasteiger partial charge in [0.1, 0.15) is 11.9 Å². The molecule has 1 heterocycles. The van der Waals surface area contributed by atoms with E-state index >= 15 is 0 Å². The molecule has 0 radical (unpaired) electrons. The monoisotopic (exact) mass is 495 g/mol. The predicted octanol–water partition coefficient (Wildman–Crippen LogP) is 3.85. The molecule has 1 aliphatic rings. The number of carbonyl (C=O) groups excluding carboxylic acids is 2. The van der Waals surface area contributed by atoms with E-state index in [1.54, 1.807) is 49.6 Å². The lowest BCUT2D eigenvalue weighted by molar-refractivity contribution is -0.0886. The molecule has 2 aromatic rings. The van der Waals surface area contributed by atoms with Crippen molar-refractivity contribution in [1.29, 1.82) is 0 Å². The molecule has 0 aromatic heterocycles. The van der Waals surface area contributed by atoms with E-state index in [1.165, 1.54) is 0 Å². The Labute approximate surface area is 202 Å². The van der Waals surface area contributed by atoms with Crippen LogP contribution < -0.4 is 20.7 Å². The van der Waals surface area contributed by atoms with Gasteiger partial charge in [-0.2, -0.15) is 0 Å². The number of hydrogen-bond acceptors (Lipinski definition) is 5. The van der Waals surface area contributed by atoms with Crippen molar-refractivity contribution in [3.63, 3.8) is 0 Å². The molecule has 2 aromatic carbocycles. The minimum atomic E-state index is -0.534. The van der Waals surface area contributed by atoms with Crippen LogP contribution in [0.25, 0.3) is 0 Å². The maximum atomic E-state index is 12.4. The third kappa shape index (κ3) is 7.50. The van der Waals surface area contributed by atoms with Crippen molar-refractivity contribution in [3.05, 3.63) is 58.1 Å². The molecule has 1 fully saturated rings. The number of aliphatic hydroxyl groups excluding tert-OH is 1. The van der Waals surface area contributed by atoms with Gasteiger partial charge in [0.2, 0.25) is 0 Å². The van der Waals surface area contributed by atoms with Crippen LogP contribution in [0.4, 0.5) is 10.5 Å². The van der Waals surface area contributed by atoms with E-state index in [4.69, 9.17) is 32.7 Å². The maximum absolute atomic E-state index is 12.4. The van der Waals surface area contributed by atoms with Gasteiger partial charge < -0.3 is 30.5 Å². The molecule has 178 valence electrons. The first kappa shape index (κ1) is 25.1. The third-order valence-corrected chi connectivity index (χ3v) is 5.77. The van der Waals surface area contributed by atoms with Crippen LogP contribution in [0.2, 0.25) is 10.0 Å². The minimum Gasteiger partial charge on any atom is -0.497 e. The number of ether oxygens (including phenoxy) is 2. The van der Waals surface area contributed by atoms with E-state index < -0.39 is 6.10 Å². The highest BCUT2D eigenvalue weighted by Gasteiger charge is 2.31. The number of urea groups is 1. The SMILES string of the molecule is COc1ccc(NC(=O)N[C@@H]2CC[C@H](CCNC(=O)c3cc(Cl)cc(Cl)c3)O[C@H]2CO)cc1. The molecule has 3 rings (SSSR count). The van der Waals surface area contributed by atoms with Gasteiger partial charge in [-0.3, -0.25) is 4.79 Å². The predicted molar refractivity (Wildman–Crippen MR) is 127 cm³/mol. The van der Waals surface area contributed by atoms with Crippen LogP contribution in [0.15, 0.2) is 42.5 Å². The van der Waals surface area contributed by atoms with Crippen LogP contribution >= 0.6 is 23.2 Å². The van der Waals surface area contributed by atoms with Gasteiger partial charge in [-0.25, -0.2) is 4.79 Å². The standard InChI is InChI=1S/C23H27Cl2N3O5/c1-32-18-4-2-17(3-5-18)27-23(31)28-20-7-6-19(33-21(20)13-29)8-9-26-22(30)14-10-15(24)12-16(25)11-14/h2-5,10-12,19-21,29H,6-9,13H2,1H3,(H,26,30)(H2,27,28,31)/t19-,20-,21+/m1/s1. The number of benzene rings is 2. The van der Waals surface area contributed by atoms with E-state index in [9.17, 15) is 14.7 Å². The molecule has 33 heavy (non-hydrogen) atoms. The maximum Gasteiger partial charge on any atom is 0.319 e. The Balaban J connectivity index is 1.43. The number of carbonyl (C=O) groups is 2. The lowest BCUT2D eigenvalue weighted by Crippen LogP contribution is -2.52. The highest BCUT2D eigenvalue weighted by atomic mass is 35.5.